The van der Waals surface area contributed by atoms with E-state index in [2.05, 4.69) is 0 Å². The smallest absolute Gasteiger partial charge is 0.545 e. The monoisotopic (exact) mass is 878 g/mol. The van der Waals surface area contributed by atoms with E-state index in [9.17, 15) is 59.4 Å². The summed E-state index contributed by atoms with van der Waals surface area (Å²) in [6, 6.07) is 15.4. The van der Waals surface area contributed by atoms with Crippen molar-refractivity contribution in [3.63, 3.8) is 0 Å². The van der Waals surface area contributed by atoms with Crippen LogP contribution in [0.15, 0.2) is 72.8 Å². The zero-order valence-corrected chi connectivity index (χ0v) is 23.3. The minimum Gasteiger partial charge on any atom is -0.545 e. The van der Waals surface area contributed by atoms with Crippen LogP contribution in [0.5, 0.6) is 0 Å². The molecule has 0 unspecified atom stereocenters. The first kappa shape index (κ1) is 35.9. The number of carbonyl (C=O) groups excluding carboxylic acids is 6. The van der Waals surface area contributed by atoms with Crippen molar-refractivity contribution in [2.24, 2.45) is 0 Å². The molecule has 0 N–H and O–H groups in total. The maximum Gasteiger partial charge on any atom is 3.00 e. The second-order valence-corrected chi connectivity index (χ2v) is 6.36. The number of hydrogen-bond donors (Lipinski definition) is 0. The topological polar surface area (TPSA) is 241 Å². The maximum atomic E-state index is 10.3. The molecule has 0 saturated carbocycles. The fraction of sp³-hybridized carbons (Fsp3) is 0. The first-order valence-electron chi connectivity index (χ1n) is 9.43. The summed E-state index contributed by atoms with van der Waals surface area (Å²) >= 11 is 0. The van der Waals surface area contributed by atoms with Crippen LogP contribution in [0.25, 0.3) is 0 Å². The summed E-state index contributed by atoms with van der Waals surface area (Å²) in [5.41, 5.74) is -2.18. The van der Waals surface area contributed by atoms with Crippen LogP contribution in [-0.2, 0) is 40.2 Å². The summed E-state index contributed by atoms with van der Waals surface area (Å²) in [4.78, 5) is 61.9. The Morgan fingerprint density at radius 1 is 0.316 bits per heavy atom. The fourth-order valence-corrected chi connectivity index (χ4v) is 2.52. The van der Waals surface area contributed by atoms with Crippen LogP contribution < -0.4 is 30.6 Å². The van der Waals surface area contributed by atoms with Gasteiger partial charge in [0.15, 0.2) is 0 Å². The van der Waals surface area contributed by atoms with Crippen LogP contribution in [0.3, 0.4) is 0 Å². The quantitative estimate of drug-likeness (QED) is 0.227. The van der Waals surface area contributed by atoms with Crippen LogP contribution in [0, 0.1) is 0 Å². The van der Waals surface area contributed by atoms with Gasteiger partial charge in [-0.25, -0.2) is 0 Å². The van der Waals surface area contributed by atoms with E-state index >= 15 is 0 Å². The number of rotatable bonds is 6. The van der Waals surface area contributed by atoms with Gasteiger partial charge in [-0.1, -0.05) is 72.8 Å². The zero-order valence-electron chi connectivity index (χ0n) is 18.5. The SMILES string of the molecule is O=C([O-])c1ccccc1C(=O)[O-].O=C([O-])c1ccccc1C(=O)[O-].O=C([O-])c1ccccc1C(=O)[O-].[Ir+3].[Ir+3]. The molecule has 12 nitrogen and oxygen atoms in total. The van der Waals surface area contributed by atoms with Crippen molar-refractivity contribution in [1.29, 1.82) is 0 Å². The molecule has 3 rings (SSSR count). The number of carbonyl (C=O) groups is 6. The standard InChI is InChI=1S/3C8H6O4.2Ir/c3*9-7(10)5-3-1-2-4-6(5)8(11)12;;/h3*1-4H,(H,9,10)(H,11,12);;/q;;;2*+3/p-6. The Bertz CT molecular complexity index is 1060. The molecule has 14 heteroatoms. The predicted molar refractivity (Wildman–Crippen MR) is 105 cm³/mol. The van der Waals surface area contributed by atoms with Gasteiger partial charge in [0.2, 0.25) is 0 Å². The Kier molecular flexibility index (Phi) is 16.3. The molecule has 0 spiro atoms. The third-order valence-corrected chi connectivity index (χ3v) is 4.10. The predicted octanol–water partition coefficient (Wildman–Crippen LogP) is -4.76. The molecule has 0 aliphatic heterocycles. The second-order valence-electron chi connectivity index (χ2n) is 6.36. The van der Waals surface area contributed by atoms with Crippen LogP contribution in [0.1, 0.15) is 62.1 Å². The van der Waals surface area contributed by atoms with Crippen molar-refractivity contribution in [3.8, 4) is 0 Å². The molecule has 0 aliphatic carbocycles. The van der Waals surface area contributed by atoms with Gasteiger partial charge in [0, 0.05) is 33.4 Å². The molecule has 198 valence electrons. The molecule has 0 aliphatic rings. The number of carboxylic acids is 6. The summed E-state index contributed by atoms with van der Waals surface area (Å²) in [5.74, 6) is -9.11. The van der Waals surface area contributed by atoms with Gasteiger partial charge in [-0.3, -0.25) is 0 Å². The normalized spacial score (nSPS) is 8.84. The molecule has 0 atom stereocenters. The van der Waals surface area contributed by atoms with E-state index in [0.29, 0.717) is 0 Å². The van der Waals surface area contributed by atoms with E-state index in [1.807, 2.05) is 0 Å². The Hall–Kier alpha value is -4.22. The van der Waals surface area contributed by atoms with Crippen LogP contribution >= 0.6 is 0 Å². The molecule has 0 fully saturated rings. The summed E-state index contributed by atoms with van der Waals surface area (Å²) in [6.45, 7) is 0. The first-order valence-corrected chi connectivity index (χ1v) is 9.43. The van der Waals surface area contributed by atoms with Crippen LogP contribution in [0.4, 0.5) is 0 Å². The molecular weight excluding hydrogens is 865 g/mol. The third kappa shape index (κ3) is 10.8. The van der Waals surface area contributed by atoms with Gasteiger partial charge in [-0.15, -0.1) is 0 Å². The summed E-state index contributed by atoms with van der Waals surface area (Å²) in [6.07, 6.45) is 0. The zero-order chi connectivity index (χ0) is 27.4. The van der Waals surface area contributed by atoms with E-state index in [-0.39, 0.29) is 73.6 Å². The molecule has 3 aromatic carbocycles. The molecule has 0 amide bonds. The molecular formula is C24H12Ir2O12. The summed E-state index contributed by atoms with van der Waals surface area (Å²) in [5, 5.41) is 61.9. The van der Waals surface area contributed by atoms with Crippen molar-refractivity contribution >= 4 is 35.8 Å². The van der Waals surface area contributed by atoms with Crippen molar-refractivity contribution < 1.29 is 99.6 Å². The minimum absolute atomic E-state index is 0. The fourth-order valence-electron chi connectivity index (χ4n) is 2.52. The summed E-state index contributed by atoms with van der Waals surface area (Å²) in [7, 11) is 0. The number of benzene rings is 3. The van der Waals surface area contributed by atoms with Gasteiger partial charge >= 0.3 is 40.2 Å². The van der Waals surface area contributed by atoms with Gasteiger partial charge < -0.3 is 59.4 Å². The number of aromatic carboxylic acids is 6. The number of carboxylic acid groups (broad SMARTS) is 6. The maximum absolute atomic E-state index is 10.3. The van der Waals surface area contributed by atoms with E-state index in [1.165, 1.54) is 36.4 Å². The molecule has 38 heavy (non-hydrogen) atoms. The van der Waals surface area contributed by atoms with E-state index in [4.69, 9.17) is 0 Å². The van der Waals surface area contributed by atoms with Crippen molar-refractivity contribution in [2.45, 2.75) is 0 Å². The minimum atomic E-state index is -1.52. The van der Waals surface area contributed by atoms with E-state index < -0.39 is 35.8 Å². The van der Waals surface area contributed by atoms with Crippen LogP contribution in [0.2, 0.25) is 0 Å². The van der Waals surface area contributed by atoms with Gasteiger partial charge in [0.05, 0.1) is 35.8 Å². The molecule has 3 aromatic rings. The van der Waals surface area contributed by atoms with E-state index in [0.717, 1.165) is 36.4 Å². The van der Waals surface area contributed by atoms with Gasteiger partial charge in [-0.2, -0.15) is 0 Å². The summed E-state index contributed by atoms with van der Waals surface area (Å²) < 4.78 is 0. The molecule has 0 radical (unpaired) electrons. The molecule has 0 bridgehead atoms. The average Bonchev–Trinajstić information content (AvgIpc) is 2.84. The largest absolute Gasteiger partial charge is 3.00 e. The van der Waals surface area contributed by atoms with Gasteiger partial charge in [-0.05, 0) is 0 Å². The third-order valence-electron chi connectivity index (χ3n) is 4.10. The Morgan fingerprint density at radius 3 is 0.500 bits per heavy atom. The van der Waals surface area contributed by atoms with Crippen LogP contribution in [-0.4, -0.2) is 35.8 Å². The van der Waals surface area contributed by atoms with Crippen molar-refractivity contribution in [1.82, 2.24) is 0 Å². The Labute approximate surface area is 240 Å². The van der Waals surface area contributed by atoms with E-state index in [1.54, 1.807) is 0 Å². The molecule has 0 aromatic heterocycles. The number of hydrogen-bond acceptors (Lipinski definition) is 12. The Morgan fingerprint density at radius 2 is 0.421 bits per heavy atom. The Balaban J connectivity index is 0. The van der Waals surface area contributed by atoms with Gasteiger partial charge in [0.25, 0.3) is 0 Å². The van der Waals surface area contributed by atoms with Crippen molar-refractivity contribution in [2.75, 3.05) is 0 Å². The average molecular weight is 877 g/mol. The molecule has 0 heterocycles. The first-order chi connectivity index (χ1) is 16.9. The van der Waals surface area contributed by atoms with Crippen molar-refractivity contribution in [3.05, 3.63) is 106 Å². The van der Waals surface area contributed by atoms with Gasteiger partial charge in [0.1, 0.15) is 0 Å². The molecule has 0 saturated heterocycles. The second kappa shape index (κ2) is 17.3.